The highest BCUT2D eigenvalue weighted by Crippen LogP contribution is 2.25. The highest BCUT2D eigenvalue weighted by Gasteiger charge is 2.18. The predicted octanol–water partition coefficient (Wildman–Crippen LogP) is 2.97. The number of amides is 1. The molecule has 0 aliphatic carbocycles. The summed E-state index contributed by atoms with van der Waals surface area (Å²) in [6, 6.07) is 4.29. The van der Waals surface area contributed by atoms with Crippen LogP contribution in [0, 0.1) is 5.82 Å². The number of benzene rings is 1. The van der Waals surface area contributed by atoms with Crippen LogP contribution in [0.4, 0.5) is 4.39 Å². The minimum atomic E-state index is -0.488. The number of nitrogens with zero attached hydrogens (tertiary/aromatic N) is 1. The number of carbonyl (C=O) groups is 2. The van der Waals surface area contributed by atoms with Crippen molar-refractivity contribution in [1.82, 2.24) is 10.2 Å². The molecule has 0 saturated heterocycles. The molecule has 0 bridgehead atoms. The summed E-state index contributed by atoms with van der Waals surface area (Å²) in [7, 11) is 1.76. The van der Waals surface area contributed by atoms with Crippen molar-refractivity contribution in [2.45, 2.75) is 25.8 Å². The Kier molecular flexibility index (Phi) is 6.50. The summed E-state index contributed by atoms with van der Waals surface area (Å²) < 4.78 is 14.0. The molecule has 0 aliphatic rings. The fourth-order valence-corrected chi connectivity index (χ4v) is 2.11. The van der Waals surface area contributed by atoms with Gasteiger partial charge in [-0.05, 0) is 25.6 Å². The highest BCUT2D eigenvalue weighted by molar-refractivity contribution is 5.84. The Morgan fingerprint density at radius 3 is 2.77 bits per heavy atom. The first-order valence-electron chi connectivity index (χ1n) is 6.98. The van der Waals surface area contributed by atoms with Gasteiger partial charge in [-0.25, -0.2) is 4.39 Å². The highest BCUT2D eigenvalue weighted by atomic mass is 19.1. The maximum Gasteiger partial charge on any atom is 0.223 e. The van der Waals surface area contributed by atoms with Gasteiger partial charge in [-0.3, -0.25) is 9.59 Å². The van der Waals surface area contributed by atoms with Crippen molar-refractivity contribution in [2.75, 3.05) is 7.05 Å². The van der Waals surface area contributed by atoms with E-state index in [9.17, 15) is 14.0 Å². The number of carbonyl (C=O) groups excluding carboxylic acids is 2. The molecule has 0 heterocycles. The lowest BCUT2D eigenvalue weighted by Gasteiger charge is -2.29. The maximum atomic E-state index is 14.0. The number of hydrogen-bond donors (Lipinski definition) is 1. The van der Waals surface area contributed by atoms with Gasteiger partial charge in [0.1, 0.15) is 5.82 Å². The van der Waals surface area contributed by atoms with Crippen LogP contribution in [-0.4, -0.2) is 30.2 Å². The van der Waals surface area contributed by atoms with Crippen molar-refractivity contribution in [3.8, 4) is 0 Å². The zero-order valence-corrected chi connectivity index (χ0v) is 12.9. The van der Waals surface area contributed by atoms with Gasteiger partial charge < -0.3 is 10.2 Å². The average molecular weight is 304 g/mol. The first kappa shape index (κ1) is 17.6. The third-order valence-corrected chi connectivity index (χ3v) is 3.60. The van der Waals surface area contributed by atoms with Gasteiger partial charge in [0, 0.05) is 36.3 Å². The van der Waals surface area contributed by atoms with Gasteiger partial charge in [-0.2, -0.15) is 0 Å². The summed E-state index contributed by atoms with van der Waals surface area (Å²) in [4.78, 5) is 24.3. The molecule has 0 aliphatic heterocycles. The monoisotopic (exact) mass is 304 g/mol. The van der Waals surface area contributed by atoms with Gasteiger partial charge in [-0.15, -0.1) is 0 Å². The van der Waals surface area contributed by atoms with Crippen molar-refractivity contribution in [3.63, 3.8) is 0 Å². The van der Waals surface area contributed by atoms with E-state index >= 15 is 0 Å². The fourth-order valence-electron chi connectivity index (χ4n) is 2.11. The standard InChI is InChI=1S/C17H21FN2O2/c1-5-19-16(22)10-9-12(2)20(4)13(3)17-14(11-21)7-6-8-15(17)18/h5-8,11-12H,1,3,9-10H2,2,4H3,(H,19,22). The molecule has 0 fully saturated rings. The Hall–Kier alpha value is -2.43. The summed E-state index contributed by atoms with van der Waals surface area (Å²) in [5.41, 5.74) is 0.868. The molecule has 0 spiro atoms. The van der Waals surface area contributed by atoms with Gasteiger partial charge in [0.15, 0.2) is 6.29 Å². The number of nitrogens with one attached hydrogen (secondary N) is 1. The summed E-state index contributed by atoms with van der Waals surface area (Å²) in [6.07, 6.45) is 2.84. The molecule has 0 radical (unpaired) electrons. The Labute approximate surface area is 130 Å². The zero-order valence-electron chi connectivity index (χ0n) is 12.9. The zero-order chi connectivity index (χ0) is 16.7. The Bertz CT molecular complexity index is 584. The van der Waals surface area contributed by atoms with Crippen molar-refractivity contribution >= 4 is 17.9 Å². The van der Waals surface area contributed by atoms with E-state index in [1.807, 2.05) is 6.92 Å². The number of aldehydes is 1. The van der Waals surface area contributed by atoms with E-state index in [1.54, 1.807) is 18.0 Å². The minimum Gasteiger partial charge on any atom is -0.372 e. The number of rotatable bonds is 8. The first-order chi connectivity index (χ1) is 10.4. The van der Waals surface area contributed by atoms with E-state index < -0.39 is 5.82 Å². The second kappa shape index (κ2) is 8.12. The molecule has 118 valence electrons. The summed E-state index contributed by atoms with van der Waals surface area (Å²) in [5, 5.41) is 2.51. The number of halogens is 1. The molecule has 1 atom stereocenters. The fraction of sp³-hybridized carbons (Fsp3) is 0.294. The van der Waals surface area contributed by atoms with E-state index in [-0.39, 0.29) is 23.1 Å². The third kappa shape index (κ3) is 4.28. The second-order valence-corrected chi connectivity index (χ2v) is 5.04. The molecule has 0 aromatic heterocycles. The molecule has 1 aromatic rings. The second-order valence-electron chi connectivity index (χ2n) is 5.04. The van der Waals surface area contributed by atoms with Crippen molar-refractivity contribution in [3.05, 3.63) is 54.5 Å². The van der Waals surface area contributed by atoms with Crippen LogP contribution in [0.2, 0.25) is 0 Å². The van der Waals surface area contributed by atoms with E-state index in [2.05, 4.69) is 18.5 Å². The molecular weight excluding hydrogens is 283 g/mol. The Morgan fingerprint density at radius 1 is 1.50 bits per heavy atom. The van der Waals surface area contributed by atoms with Gasteiger partial charge in [0.2, 0.25) is 5.91 Å². The van der Waals surface area contributed by atoms with Crippen LogP contribution < -0.4 is 5.32 Å². The Balaban J connectivity index is 2.82. The molecular formula is C17H21FN2O2. The molecule has 1 unspecified atom stereocenters. The van der Waals surface area contributed by atoms with E-state index in [4.69, 9.17) is 0 Å². The maximum absolute atomic E-state index is 14.0. The first-order valence-corrected chi connectivity index (χ1v) is 6.98. The quantitative estimate of drug-likeness (QED) is 0.751. The molecule has 0 saturated carbocycles. The lowest BCUT2D eigenvalue weighted by atomic mass is 10.0. The lowest BCUT2D eigenvalue weighted by Crippen LogP contribution is -2.29. The Morgan fingerprint density at radius 2 is 2.18 bits per heavy atom. The molecule has 1 rings (SSSR count). The lowest BCUT2D eigenvalue weighted by molar-refractivity contribution is -0.120. The van der Waals surface area contributed by atoms with Gasteiger partial charge in [0.05, 0.1) is 0 Å². The van der Waals surface area contributed by atoms with E-state index in [0.29, 0.717) is 24.8 Å². The molecule has 1 N–H and O–H groups in total. The number of hydrogen-bond acceptors (Lipinski definition) is 3. The largest absolute Gasteiger partial charge is 0.372 e. The van der Waals surface area contributed by atoms with Gasteiger partial charge in [0.25, 0.3) is 0 Å². The topological polar surface area (TPSA) is 49.4 Å². The van der Waals surface area contributed by atoms with Crippen LogP contribution in [0.25, 0.3) is 5.70 Å². The van der Waals surface area contributed by atoms with Crippen LogP contribution in [0.1, 0.15) is 35.7 Å². The van der Waals surface area contributed by atoms with Crippen molar-refractivity contribution in [2.24, 2.45) is 0 Å². The van der Waals surface area contributed by atoms with Crippen molar-refractivity contribution in [1.29, 1.82) is 0 Å². The SMILES string of the molecule is C=CNC(=O)CCC(C)N(C)C(=C)c1c(F)cccc1C=O. The third-order valence-electron chi connectivity index (χ3n) is 3.60. The van der Waals surface area contributed by atoms with Crippen molar-refractivity contribution < 1.29 is 14.0 Å². The van der Waals surface area contributed by atoms with Gasteiger partial charge in [-0.1, -0.05) is 25.3 Å². The summed E-state index contributed by atoms with van der Waals surface area (Å²) in [5.74, 6) is -0.613. The summed E-state index contributed by atoms with van der Waals surface area (Å²) in [6.45, 7) is 9.23. The minimum absolute atomic E-state index is 0.0397. The van der Waals surface area contributed by atoms with Crippen LogP contribution in [-0.2, 0) is 4.79 Å². The molecule has 22 heavy (non-hydrogen) atoms. The smallest absolute Gasteiger partial charge is 0.223 e. The van der Waals surface area contributed by atoms with E-state index in [0.717, 1.165) is 0 Å². The normalized spacial score (nSPS) is 11.4. The molecule has 4 nitrogen and oxygen atoms in total. The molecule has 1 amide bonds. The predicted molar refractivity (Wildman–Crippen MR) is 85.6 cm³/mol. The molecule has 5 heteroatoms. The van der Waals surface area contributed by atoms with Crippen LogP contribution in [0.5, 0.6) is 0 Å². The molecule has 1 aromatic carbocycles. The average Bonchev–Trinajstić information content (AvgIpc) is 2.51. The van der Waals surface area contributed by atoms with Crippen LogP contribution >= 0.6 is 0 Å². The van der Waals surface area contributed by atoms with Crippen LogP contribution in [0.15, 0.2) is 37.6 Å². The van der Waals surface area contributed by atoms with E-state index in [1.165, 1.54) is 18.3 Å². The van der Waals surface area contributed by atoms with Crippen LogP contribution in [0.3, 0.4) is 0 Å². The summed E-state index contributed by atoms with van der Waals surface area (Å²) >= 11 is 0. The van der Waals surface area contributed by atoms with Gasteiger partial charge >= 0.3 is 0 Å².